The molecule has 0 aromatic heterocycles. The number of aryl methyl sites for hydroxylation is 1. The van der Waals surface area contributed by atoms with E-state index in [0.29, 0.717) is 11.5 Å². The molecule has 0 radical (unpaired) electrons. The summed E-state index contributed by atoms with van der Waals surface area (Å²) in [6.07, 6.45) is 7.65. The zero-order valence-electron chi connectivity index (χ0n) is 16.0. The molecular weight excluding hydrogens is 391 g/mol. The van der Waals surface area contributed by atoms with E-state index in [0.717, 1.165) is 24.8 Å². The maximum Gasteiger partial charge on any atom is 1.00 e. The standard InChI is InChI=1S/C20H26O5S.K/c1-2-3-4-5-6-7-9-16-14-17(21)12-13-20(16)25-18-10-8-11-19(15-18)26(22,23)24;/h8,10-15,21H,2-7,9H2,1H3,(H,22,23,24);/q;+1/p-1. The van der Waals surface area contributed by atoms with Crippen molar-refractivity contribution in [2.45, 2.75) is 56.8 Å². The van der Waals surface area contributed by atoms with Gasteiger partial charge in [0.05, 0.1) is 4.90 Å². The van der Waals surface area contributed by atoms with E-state index in [4.69, 9.17) is 9.29 Å². The Bertz CT molecular complexity index is 821. The van der Waals surface area contributed by atoms with Gasteiger partial charge in [-0.25, -0.2) is 0 Å². The summed E-state index contributed by atoms with van der Waals surface area (Å²) in [6, 6.07) is 10.2. The Labute approximate surface area is 204 Å². The minimum atomic E-state index is -4.29. The van der Waals surface area contributed by atoms with Gasteiger partial charge in [-0.15, -0.1) is 5.75 Å². The summed E-state index contributed by atoms with van der Waals surface area (Å²) in [5, 5.41) is 11.7. The van der Waals surface area contributed by atoms with E-state index >= 15 is 0 Å². The first kappa shape index (κ1) is 24.6. The number of hydrogen-bond acceptors (Lipinski definition) is 4. The molecular formula is C20H25KO5S. The largest absolute Gasteiger partial charge is 1.00 e. The van der Waals surface area contributed by atoms with Crippen LogP contribution in [0.1, 0.15) is 51.0 Å². The molecule has 0 saturated carbocycles. The van der Waals surface area contributed by atoms with Gasteiger partial charge in [0, 0.05) is 6.07 Å². The van der Waals surface area contributed by atoms with Gasteiger partial charge in [0.15, 0.2) is 0 Å². The molecule has 0 aliphatic heterocycles. The van der Waals surface area contributed by atoms with Crippen molar-refractivity contribution in [1.29, 1.82) is 0 Å². The fourth-order valence-electron chi connectivity index (χ4n) is 2.77. The van der Waals surface area contributed by atoms with Crippen LogP contribution in [0.25, 0.3) is 0 Å². The van der Waals surface area contributed by atoms with Crippen molar-refractivity contribution in [2.24, 2.45) is 0 Å². The summed E-state index contributed by atoms with van der Waals surface area (Å²) in [5.41, 5.74) is 0.810. The molecule has 0 atom stereocenters. The second kappa shape index (κ2) is 12.2. The van der Waals surface area contributed by atoms with E-state index in [-0.39, 0.29) is 62.0 Å². The van der Waals surface area contributed by atoms with E-state index in [1.165, 1.54) is 49.9 Å². The average Bonchev–Trinajstić information content (AvgIpc) is 2.60. The number of rotatable bonds is 10. The first-order chi connectivity index (χ1) is 12.4. The zero-order chi connectivity index (χ0) is 19.0. The Morgan fingerprint density at radius 3 is 2.41 bits per heavy atom. The van der Waals surface area contributed by atoms with Crippen molar-refractivity contribution in [2.75, 3.05) is 0 Å². The van der Waals surface area contributed by atoms with Gasteiger partial charge in [-0.1, -0.05) is 57.2 Å². The molecule has 2 aromatic rings. The van der Waals surface area contributed by atoms with Gasteiger partial charge in [0.1, 0.15) is 11.5 Å². The van der Waals surface area contributed by atoms with Crippen LogP contribution in [0.2, 0.25) is 0 Å². The molecule has 5 nitrogen and oxygen atoms in total. The molecule has 0 saturated heterocycles. The summed E-state index contributed by atoms with van der Waals surface area (Å²) in [4.78, 5) is -0.229. The van der Waals surface area contributed by atoms with E-state index in [1.54, 1.807) is 18.2 Å². The molecule has 0 spiro atoms. The molecule has 0 heterocycles. The van der Waals surface area contributed by atoms with Crippen molar-refractivity contribution in [3.63, 3.8) is 0 Å². The quantitative estimate of drug-likeness (QED) is 0.362. The van der Waals surface area contributed by atoms with Crippen LogP contribution in [-0.2, 0) is 16.5 Å². The van der Waals surface area contributed by atoms with Gasteiger partial charge in [0.2, 0.25) is 0 Å². The summed E-state index contributed by atoms with van der Waals surface area (Å²) in [5.74, 6) is 0.749. The second-order valence-corrected chi connectivity index (χ2v) is 7.76. The van der Waals surface area contributed by atoms with Gasteiger partial charge in [-0.05, 0) is 36.6 Å². The smallest absolute Gasteiger partial charge is 0.872 e. The third-order valence-corrected chi connectivity index (χ3v) is 5.01. The number of hydrogen-bond donors (Lipinski definition) is 1. The fourth-order valence-corrected chi connectivity index (χ4v) is 3.29. The van der Waals surface area contributed by atoms with Gasteiger partial charge in [-0.2, -0.15) is 8.42 Å². The Balaban J connectivity index is 0.00000364. The molecule has 0 aliphatic rings. The predicted octanol–water partition coefficient (Wildman–Crippen LogP) is 1.71. The molecule has 0 unspecified atom stereocenters. The summed E-state index contributed by atoms with van der Waals surface area (Å²) in [7, 11) is -4.29. The Morgan fingerprint density at radius 2 is 1.70 bits per heavy atom. The van der Waals surface area contributed by atoms with Gasteiger partial charge in [-0.3, -0.25) is 4.55 Å². The maximum atomic E-state index is 11.7. The average molecular weight is 417 g/mol. The Kier molecular flexibility index (Phi) is 11.1. The van der Waals surface area contributed by atoms with Gasteiger partial charge < -0.3 is 9.84 Å². The molecule has 0 aliphatic carbocycles. The van der Waals surface area contributed by atoms with Crippen LogP contribution in [-0.4, -0.2) is 13.0 Å². The normalized spacial score (nSPS) is 11.0. The number of ether oxygens (including phenoxy) is 1. The van der Waals surface area contributed by atoms with Crippen LogP contribution in [0, 0.1) is 0 Å². The third-order valence-electron chi connectivity index (χ3n) is 4.16. The second-order valence-electron chi connectivity index (χ2n) is 6.34. The fraction of sp³-hybridized carbons (Fsp3) is 0.400. The number of benzene rings is 2. The molecule has 2 aromatic carbocycles. The summed E-state index contributed by atoms with van der Waals surface area (Å²) in [6.45, 7) is 2.18. The minimum absolute atomic E-state index is 0. The van der Waals surface area contributed by atoms with E-state index in [2.05, 4.69) is 6.92 Å². The molecule has 142 valence electrons. The van der Waals surface area contributed by atoms with Crippen LogP contribution in [0.3, 0.4) is 0 Å². The third kappa shape index (κ3) is 8.64. The summed E-state index contributed by atoms with van der Waals surface area (Å²) >= 11 is 0. The van der Waals surface area contributed by atoms with Crippen LogP contribution < -0.4 is 61.2 Å². The Hall–Kier alpha value is -0.414. The van der Waals surface area contributed by atoms with Crippen LogP contribution >= 0.6 is 0 Å². The van der Waals surface area contributed by atoms with Crippen molar-refractivity contribution in [1.82, 2.24) is 0 Å². The van der Waals surface area contributed by atoms with Crippen molar-refractivity contribution >= 4 is 10.1 Å². The van der Waals surface area contributed by atoms with E-state index in [1.807, 2.05) is 0 Å². The maximum absolute atomic E-state index is 11.7. The van der Waals surface area contributed by atoms with Crippen molar-refractivity contribution < 1.29 is 74.2 Å². The van der Waals surface area contributed by atoms with E-state index in [9.17, 15) is 13.5 Å². The minimum Gasteiger partial charge on any atom is -0.872 e. The molecule has 0 bridgehead atoms. The van der Waals surface area contributed by atoms with Gasteiger partial charge in [0.25, 0.3) is 10.1 Å². The Morgan fingerprint density at radius 1 is 1.00 bits per heavy atom. The first-order valence-electron chi connectivity index (χ1n) is 8.95. The number of unbranched alkanes of at least 4 members (excludes halogenated alkanes) is 5. The van der Waals surface area contributed by atoms with Crippen LogP contribution in [0.5, 0.6) is 17.2 Å². The van der Waals surface area contributed by atoms with Crippen molar-refractivity contribution in [3.05, 3.63) is 48.0 Å². The monoisotopic (exact) mass is 416 g/mol. The zero-order valence-corrected chi connectivity index (χ0v) is 19.9. The molecule has 0 fully saturated rings. The van der Waals surface area contributed by atoms with E-state index < -0.39 is 10.1 Å². The first-order valence-corrected chi connectivity index (χ1v) is 10.4. The summed E-state index contributed by atoms with van der Waals surface area (Å²) < 4.78 is 37.4. The topological polar surface area (TPSA) is 86.7 Å². The van der Waals surface area contributed by atoms with Crippen molar-refractivity contribution in [3.8, 4) is 17.2 Å². The SMILES string of the molecule is CCCCCCCCc1cc([O-])ccc1Oc1cccc(S(=O)(=O)O)c1.[K+]. The molecule has 2 rings (SSSR count). The molecule has 1 N–H and O–H groups in total. The molecule has 27 heavy (non-hydrogen) atoms. The predicted molar refractivity (Wildman–Crippen MR) is 99.3 cm³/mol. The van der Waals surface area contributed by atoms with Crippen LogP contribution in [0.15, 0.2) is 47.4 Å². The molecule has 0 amide bonds. The van der Waals surface area contributed by atoms with Gasteiger partial charge >= 0.3 is 51.4 Å². The molecule has 7 heteroatoms. The van der Waals surface area contributed by atoms with Crippen LogP contribution in [0.4, 0.5) is 0 Å².